The minimum absolute atomic E-state index is 0.0198. The fourth-order valence-electron chi connectivity index (χ4n) is 12.6. The molecule has 0 radical (unpaired) electrons. The maximum Gasteiger partial charge on any atom is 0.303 e. The van der Waals surface area contributed by atoms with Gasteiger partial charge in [0.15, 0.2) is 0 Å². The van der Waals surface area contributed by atoms with Gasteiger partial charge in [-0.3, -0.25) is 14.4 Å². The van der Waals surface area contributed by atoms with Crippen LogP contribution in [0.4, 0.5) is 0 Å². The summed E-state index contributed by atoms with van der Waals surface area (Å²) in [5, 5.41) is 0. The Hall–Kier alpha value is -1.43. The first kappa shape index (κ1) is 28.7. The van der Waals surface area contributed by atoms with Gasteiger partial charge in [0.05, 0.1) is 11.7 Å². The van der Waals surface area contributed by atoms with E-state index in [-0.39, 0.29) is 46.3 Å². The van der Waals surface area contributed by atoms with Crippen molar-refractivity contribution in [2.75, 3.05) is 0 Å². The minimum atomic E-state index is -0.718. The van der Waals surface area contributed by atoms with Crippen LogP contribution in [0.2, 0.25) is 0 Å². The van der Waals surface area contributed by atoms with E-state index >= 15 is 0 Å². The molecular weight excluding hydrogens is 504 g/mol. The molecule has 0 amide bonds. The van der Waals surface area contributed by atoms with Crippen molar-refractivity contribution in [3.63, 3.8) is 0 Å². The van der Waals surface area contributed by atoms with E-state index in [1.165, 1.54) is 26.7 Å². The van der Waals surface area contributed by atoms with Gasteiger partial charge in [-0.15, -0.1) is 0 Å². The first-order valence-electron chi connectivity index (χ1n) is 16.0. The summed E-state index contributed by atoms with van der Waals surface area (Å²) in [6.45, 7) is 18.5. The molecule has 0 aromatic carbocycles. The summed E-state index contributed by atoms with van der Waals surface area (Å²) in [6.07, 6.45) is 9.81. The predicted molar refractivity (Wildman–Crippen MR) is 151 cm³/mol. The molecule has 1 aliphatic heterocycles. The second kappa shape index (κ2) is 8.35. The summed E-state index contributed by atoms with van der Waals surface area (Å²) in [7, 11) is 0. The van der Waals surface area contributed by atoms with Crippen LogP contribution in [-0.4, -0.2) is 41.1 Å². The van der Waals surface area contributed by atoms with E-state index in [0.717, 1.165) is 51.4 Å². The zero-order chi connectivity index (χ0) is 29.3. The van der Waals surface area contributed by atoms with Crippen LogP contribution >= 0.6 is 0 Å². The lowest BCUT2D eigenvalue weighted by atomic mass is 9.41. The van der Waals surface area contributed by atoms with E-state index in [1.54, 1.807) is 0 Å². The Balaban J connectivity index is 1.35. The largest absolute Gasteiger partial charge is 0.462 e. The maximum absolute atomic E-state index is 13.0. The Morgan fingerprint density at radius 2 is 1.50 bits per heavy atom. The van der Waals surface area contributed by atoms with Gasteiger partial charge in [0.2, 0.25) is 0 Å². The molecule has 0 aromatic rings. The summed E-state index contributed by atoms with van der Waals surface area (Å²) in [6, 6.07) is 0. The Morgan fingerprint density at radius 1 is 0.850 bits per heavy atom. The molecule has 0 aromatic heterocycles. The number of esters is 2. The molecule has 1 saturated heterocycles. The molecule has 6 aliphatic rings. The molecule has 5 saturated carbocycles. The summed E-state index contributed by atoms with van der Waals surface area (Å²) < 4.78 is 18.9. The monoisotopic (exact) mass is 556 g/mol. The van der Waals surface area contributed by atoms with Gasteiger partial charge in [0.25, 0.3) is 0 Å². The molecule has 0 bridgehead atoms. The number of carbonyl (C=O) groups excluding carboxylic acids is 3. The molecule has 4 unspecified atom stereocenters. The fraction of sp³-hybridized carbons (Fsp3) is 0.912. The third-order valence-electron chi connectivity index (χ3n) is 14.3. The molecular formula is C34H52O6. The molecule has 224 valence electrons. The first-order valence-corrected chi connectivity index (χ1v) is 16.0. The second-order valence-corrected chi connectivity index (χ2v) is 16.6. The Morgan fingerprint density at radius 3 is 2.15 bits per heavy atom. The SMILES string of the molecule is CC(=O)O[C@H]1C[C@@]2(C)C3CCC4C(C)(C)C(=O)CC[C@@]45C[C@@]35CC[C@]2(C)C1C1(C)CC[C@H](C(C)(C)OC(C)=O)O1. The van der Waals surface area contributed by atoms with Crippen LogP contribution in [-0.2, 0) is 28.6 Å². The third-order valence-corrected chi connectivity index (χ3v) is 14.3. The van der Waals surface area contributed by atoms with Crippen LogP contribution in [0.1, 0.15) is 127 Å². The number of hydrogen-bond donors (Lipinski definition) is 0. The number of rotatable bonds is 4. The van der Waals surface area contributed by atoms with Gasteiger partial charge in [0, 0.05) is 31.6 Å². The average Bonchev–Trinajstić information content (AvgIpc) is 3.20. The van der Waals surface area contributed by atoms with Gasteiger partial charge < -0.3 is 14.2 Å². The third kappa shape index (κ3) is 3.46. The summed E-state index contributed by atoms with van der Waals surface area (Å²) in [5.74, 6) is 1.09. The summed E-state index contributed by atoms with van der Waals surface area (Å²) in [4.78, 5) is 37.4. The Kier molecular flexibility index (Phi) is 5.99. The molecule has 1 heterocycles. The lowest BCUT2D eigenvalue weighted by Gasteiger charge is -2.63. The standard InChI is InChI=1S/C34H52O6/c1-20(35)38-22-18-31(8)24-11-10-23-28(3,4)25(37)12-15-33(23)19-34(24,33)17-16-30(31,7)27(22)32(9)14-13-26(40-32)29(5,6)39-21(2)36/h22-24,26-27H,10-19H2,1-9H3/t22-,23?,24?,26+,27?,30+,31-,32?,33+,34-/m0/s1. The second-order valence-electron chi connectivity index (χ2n) is 16.6. The van der Waals surface area contributed by atoms with Crippen LogP contribution in [0.3, 0.4) is 0 Å². The van der Waals surface area contributed by atoms with Crippen molar-refractivity contribution in [2.45, 2.75) is 150 Å². The molecule has 10 atom stereocenters. The smallest absolute Gasteiger partial charge is 0.303 e. The molecule has 6 heteroatoms. The molecule has 5 aliphatic carbocycles. The lowest BCUT2D eigenvalue weighted by molar-refractivity contribution is -0.204. The van der Waals surface area contributed by atoms with Gasteiger partial charge in [-0.1, -0.05) is 27.7 Å². The number of fused-ring (bicyclic) bond motifs is 2. The van der Waals surface area contributed by atoms with E-state index in [1.807, 2.05) is 13.8 Å². The predicted octanol–water partition coefficient (Wildman–Crippen LogP) is 6.82. The highest BCUT2D eigenvalue weighted by Gasteiger charge is 2.83. The molecule has 2 spiro atoms. The molecule has 6 rings (SSSR count). The first-order chi connectivity index (χ1) is 18.4. The van der Waals surface area contributed by atoms with Crippen molar-refractivity contribution in [3.05, 3.63) is 0 Å². The van der Waals surface area contributed by atoms with Crippen LogP contribution in [0, 0.1) is 44.8 Å². The Bertz CT molecular complexity index is 1140. The van der Waals surface area contributed by atoms with Crippen molar-refractivity contribution >= 4 is 17.7 Å². The normalized spacial score (nSPS) is 50.7. The zero-order valence-electron chi connectivity index (χ0n) is 26.4. The molecule has 6 nitrogen and oxygen atoms in total. The van der Waals surface area contributed by atoms with E-state index < -0.39 is 11.2 Å². The van der Waals surface area contributed by atoms with Gasteiger partial charge in [-0.2, -0.15) is 0 Å². The van der Waals surface area contributed by atoms with Crippen LogP contribution in [0.5, 0.6) is 0 Å². The van der Waals surface area contributed by atoms with E-state index in [2.05, 4.69) is 34.6 Å². The summed E-state index contributed by atoms with van der Waals surface area (Å²) >= 11 is 0. The van der Waals surface area contributed by atoms with Gasteiger partial charge in [0.1, 0.15) is 17.5 Å². The van der Waals surface area contributed by atoms with Crippen molar-refractivity contribution in [1.82, 2.24) is 0 Å². The van der Waals surface area contributed by atoms with Gasteiger partial charge in [-0.05, 0) is 112 Å². The van der Waals surface area contributed by atoms with Crippen LogP contribution in [0.15, 0.2) is 0 Å². The van der Waals surface area contributed by atoms with E-state index in [9.17, 15) is 14.4 Å². The highest BCUT2D eigenvalue weighted by Crippen LogP contribution is 2.89. The van der Waals surface area contributed by atoms with E-state index in [4.69, 9.17) is 14.2 Å². The Labute approximate surface area is 241 Å². The summed E-state index contributed by atoms with van der Waals surface area (Å²) in [5.41, 5.74) is -0.821. The minimum Gasteiger partial charge on any atom is -0.462 e. The fourth-order valence-corrected chi connectivity index (χ4v) is 12.6. The number of ether oxygens (including phenoxy) is 3. The lowest BCUT2D eigenvalue weighted by Crippen LogP contribution is -2.59. The van der Waals surface area contributed by atoms with Crippen molar-refractivity contribution < 1.29 is 28.6 Å². The molecule has 40 heavy (non-hydrogen) atoms. The van der Waals surface area contributed by atoms with Crippen molar-refractivity contribution in [1.29, 1.82) is 0 Å². The number of hydrogen-bond acceptors (Lipinski definition) is 6. The zero-order valence-corrected chi connectivity index (χ0v) is 26.4. The number of ketones is 1. The highest BCUT2D eigenvalue weighted by atomic mass is 16.6. The highest BCUT2D eigenvalue weighted by molar-refractivity contribution is 5.86. The van der Waals surface area contributed by atoms with Crippen LogP contribution < -0.4 is 0 Å². The number of Topliss-reactive ketones (excluding diaryl/α,β-unsaturated/α-hetero) is 1. The maximum atomic E-state index is 13.0. The molecule has 0 N–H and O–H groups in total. The van der Waals surface area contributed by atoms with Crippen molar-refractivity contribution in [3.8, 4) is 0 Å². The van der Waals surface area contributed by atoms with Crippen LogP contribution in [0.25, 0.3) is 0 Å². The molecule has 6 fully saturated rings. The topological polar surface area (TPSA) is 78.9 Å². The van der Waals surface area contributed by atoms with E-state index in [0.29, 0.717) is 28.4 Å². The van der Waals surface area contributed by atoms with Gasteiger partial charge in [-0.25, -0.2) is 0 Å². The average molecular weight is 557 g/mol. The van der Waals surface area contributed by atoms with Gasteiger partial charge >= 0.3 is 11.9 Å². The quantitative estimate of drug-likeness (QED) is 0.354. The number of carbonyl (C=O) groups is 3. The van der Waals surface area contributed by atoms with Crippen molar-refractivity contribution in [2.24, 2.45) is 44.8 Å².